The molecular formula is C24H24N4O2S. The summed E-state index contributed by atoms with van der Waals surface area (Å²) in [5.41, 5.74) is 5.13. The minimum Gasteiger partial charge on any atom is -0.490 e. The summed E-state index contributed by atoms with van der Waals surface area (Å²) in [6.45, 7) is 4.64. The molecule has 158 valence electrons. The monoisotopic (exact) mass is 432 g/mol. The lowest BCUT2D eigenvalue weighted by molar-refractivity contribution is 0.242. The Morgan fingerprint density at radius 3 is 2.97 bits per heavy atom. The molecule has 7 heteroatoms. The number of hydrogen-bond acceptors (Lipinski definition) is 7. The van der Waals surface area contributed by atoms with Crippen LogP contribution in [-0.2, 0) is 0 Å². The number of nitriles is 1. The fourth-order valence-electron chi connectivity index (χ4n) is 4.65. The van der Waals surface area contributed by atoms with E-state index in [0.717, 1.165) is 22.0 Å². The molecule has 5 rings (SSSR count). The number of fused-ring (bicyclic) bond motifs is 3. The molecule has 2 aliphatic rings. The second-order valence-corrected chi connectivity index (χ2v) is 9.13. The first-order valence-electron chi connectivity index (χ1n) is 10.6. The van der Waals surface area contributed by atoms with E-state index in [0.29, 0.717) is 35.7 Å². The molecule has 0 amide bonds. The molecule has 3 unspecified atom stereocenters. The Morgan fingerprint density at radius 2 is 2.19 bits per heavy atom. The minimum absolute atomic E-state index is 0.00759. The quantitative estimate of drug-likeness (QED) is 0.579. The van der Waals surface area contributed by atoms with Gasteiger partial charge in [-0.1, -0.05) is 18.2 Å². The number of ether oxygens (including phenoxy) is 1. The van der Waals surface area contributed by atoms with E-state index in [1.807, 2.05) is 32.0 Å². The fraction of sp³-hybridized carbons (Fsp3) is 0.375. The number of nitrogens with one attached hydrogen (secondary N) is 1. The molecule has 1 saturated carbocycles. The molecule has 0 radical (unpaired) electrons. The normalized spacial score (nSPS) is 20.9. The number of hydrogen-bond donors (Lipinski definition) is 2. The molecule has 1 aromatic heterocycles. The second kappa shape index (κ2) is 8.04. The van der Waals surface area contributed by atoms with Gasteiger partial charge in [0.25, 0.3) is 0 Å². The Kier molecular flexibility index (Phi) is 5.22. The van der Waals surface area contributed by atoms with E-state index < -0.39 is 0 Å². The van der Waals surface area contributed by atoms with Crippen molar-refractivity contribution in [2.45, 2.75) is 38.3 Å². The molecule has 0 saturated heterocycles. The Labute approximate surface area is 185 Å². The molecule has 0 aliphatic heterocycles. The highest BCUT2D eigenvalue weighted by Crippen LogP contribution is 2.63. The molecule has 1 fully saturated rings. The summed E-state index contributed by atoms with van der Waals surface area (Å²) in [6, 6.07) is 14.5. The van der Waals surface area contributed by atoms with Crippen LogP contribution in [0.5, 0.6) is 5.75 Å². The largest absolute Gasteiger partial charge is 0.490 e. The van der Waals surface area contributed by atoms with Gasteiger partial charge in [-0.3, -0.25) is 0 Å². The molecule has 2 aliphatic carbocycles. The molecular weight excluding hydrogens is 408 g/mol. The highest BCUT2D eigenvalue weighted by molar-refractivity contribution is 7.09. The lowest BCUT2D eigenvalue weighted by Crippen LogP contribution is -2.24. The lowest BCUT2D eigenvalue weighted by atomic mass is 9.97. The molecule has 1 heterocycles. The van der Waals surface area contributed by atoms with Crippen LogP contribution in [0.3, 0.4) is 0 Å². The van der Waals surface area contributed by atoms with Gasteiger partial charge in [0.15, 0.2) is 5.82 Å². The fourth-order valence-corrected chi connectivity index (χ4v) is 5.32. The molecule has 2 aromatic carbocycles. The summed E-state index contributed by atoms with van der Waals surface area (Å²) >= 11 is 1.35. The van der Waals surface area contributed by atoms with Gasteiger partial charge < -0.3 is 15.2 Å². The van der Waals surface area contributed by atoms with Crippen LogP contribution >= 0.6 is 11.5 Å². The molecule has 0 spiro atoms. The molecule has 31 heavy (non-hydrogen) atoms. The van der Waals surface area contributed by atoms with E-state index in [1.54, 1.807) is 0 Å². The van der Waals surface area contributed by atoms with Crippen LogP contribution in [0.1, 0.15) is 48.9 Å². The van der Waals surface area contributed by atoms with Crippen molar-refractivity contribution in [1.82, 2.24) is 14.7 Å². The zero-order valence-electron chi connectivity index (χ0n) is 17.5. The number of rotatable bonds is 7. The van der Waals surface area contributed by atoms with Crippen molar-refractivity contribution in [3.63, 3.8) is 0 Å². The van der Waals surface area contributed by atoms with E-state index >= 15 is 0 Å². The van der Waals surface area contributed by atoms with Crippen molar-refractivity contribution < 1.29 is 9.84 Å². The second-order valence-electron chi connectivity index (χ2n) is 8.38. The van der Waals surface area contributed by atoms with Crippen molar-refractivity contribution >= 4 is 11.5 Å². The summed E-state index contributed by atoms with van der Waals surface area (Å²) < 4.78 is 10.4. The van der Waals surface area contributed by atoms with Gasteiger partial charge in [-0.25, -0.2) is 4.98 Å². The Bertz CT molecular complexity index is 1170. The number of aliphatic hydroxyl groups excluding tert-OH is 1. The maximum Gasteiger partial charge on any atom is 0.173 e. The maximum atomic E-state index is 9.53. The summed E-state index contributed by atoms with van der Waals surface area (Å²) in [6.07, 6.45) is 1.18. The summed E-state index contributed by atoms with van der Waals surface area (Å²) in [4.78, 5) is 4.83. The number of nitrogens with zero attached hydrogens (tertiary/aromatic N) is 3. The molecule has 2 N–H and O–H groups in total. The Balaban J connectivity index is 1.47. The van der Waals surface area contributed by atoms with Crippen molar-refractivity contribution in [2.75, 3.05) is 13.2 Å². The zero-order valence-corrected chi connectivity index (χ0v) is 18.3. The third-order valence-electron chi connectivity index (χ3n) is 5.97. The third-order valence-corrected chi connectivity index (χ3v) is 6.73. The summed E-state index contributed by atoms with van der Waals surface area (Å²) in [5.74, 6) is 2.49. The molecule has 3 atom stereocenters. The number of benzene rings is 2. The predicted octanol–water partition coefficient (Wildman–Crippen LogP) is 4.27. The van der Waals surface area contributed by atoms with Crippen molar-refractivity contribution in [3.05, 3.63) is 53.1 Å². The Hall–Kier alpha value is -2.79. The standard InChI is InChI=1S/C24H24N4O2S/c1-13(2)30-20-7-6-14(10-15(20)12-25)24-27-23(28-31-24)17-5-3-4-16-21(17)18-11-19(18)22(16)26-8-9-29/h3-7,10,13,18-19,22,26,29H,8-9,11H2,1-2H3. The number of aromatic nitrogens is 2. The van der Waals surface area contributed by atoms with Gasteiger partial charge in [-0.05, 0) is 73.0 Å². The predicted molar refractivity (Wildman–Crippen MR) is 120 cm³/mol. The lowest BCUT2D eigenvalue weighted by Gasteiger charge is -2.17. The maximum absolute atomic E-state index is 9.53. The van der Waals surface area contributed by atoms with Gasteiger partial charge in [0.1, 0.15) is 16.8 Å². The van der Waals surface area contributed by atoms with E-state index in [4.69, 9.17) is 9.72 Å². The van der Waals surface area contributed by atoms with Crippen LogP contribution in [0.2, 0.25) is 0 Å². The van der Waals surface area contributed by atoms with Crippen molar-refractivity contribution in [1.29, 1.82) is 5.26 Å². The first-order valence-corrected chi connectivity index (χ1v) is 11.4. The van der Waals surface area contributed by atoms with Gasteiger partial charge in [0.2, 0.25) is 0 Å². The van der Waals surface area contributed by atoms with E-state index in [-0.39, 0.29) is 12.7 Å². The average molecular weight is 433 g/mol. The zero-order chi connectivity index (χ0) is 21.5. The van der Waals surface area contributed by atoms with Crippen LogP contribution in [0, 0.1) is 17.2 Å². The summed E-state index contributed by atoms with van der Waals surface area (Å²) in [5, 5.41) is 23.0. The van der Waals surface area contributed by atoms with E-state index in [1.165, 1.54) is 29.1 Å². The first kappa shape index (κ1) is 20.1. The van der Waals surface area contributed by atoms with E-state index in [9.17, 15) is 10.4 Å². The van der Waals surface area contributed by atoms with Gasteiger partial charge in [-0.15, -0.1) is 0 Å². The number of aliphatic hydroxyl groups is 1. The van der Waals surface area contributed by atoms with Crippen molar-refractivity contribution in [3.8, 4) is 33.8 Å². The van der Waals surface area contributed by atoms with Gasteiger partial charge in [0.05, 0.1) is 18.3 Å². The smallest absolute Gasteiger partial charge is 0.173 e. The third kappa shape index (κ3) is 3.61. The molecule has 3 aromatic rings. The SMILES string of the molecule is CC(C)Oc1ccc(-c2nc(-c3cccc4c3C3CC3C4NCCO)ns2)cc1C#N. The van der Waals surface area contributed by atoms with Crippen LogP contribution in [-0.4, -0.2) is 33.7 Å². The van der Waals surface area contributed by atoms with Crippen molar-refractivity contribution in [2.24, 2.45) is 5.92 Å². The van der Waals surface area contributed by atoms with E-state index in [2.05, 4.69) is 34.0 Å². The van der Waals surface area contributed by atoms with Gasteiger partial charge in [-0.2, -0.15) is 9.64 Å². The highest BCUT2D eigenvalue weighted by Gasteiger charge is 2.52. The van der Waals surface area contributed by atoms with Crippen LogP contribution < -0.4 is 10.1 Å². The first-order chi connectivity index (χ1) is 15.1. The molecule has 0 bridgehead atoms. The van der Waals surface area contributed by atoms with Gasteiger partial charge >= 0.3 is 0 Å². The van der Waals surface area contributed by atoms with Gasteiger partial charge in [0, 0.05) is 23.7 Å². The topological polar surface area (TPSA) is 91.1 Å². The molecule has 6 nitrogen and oxygen atoms in total. The summed E-state index contributed by atoms with van der Waals surface area (Å²) in [7, 11) is 0. The minimum atomic E-state index is 0.00759. The average Bonchev–Trinajstić information content (AvgIpc) is 3.27. The Morgan fingerprint density at radius 1 is 1.32 bits per heavy atom. The highest BCUT2D eigenvalue weighted by atomic mass is 32.1. The van der Waals surface area contributed by atoms with Crippen LogP contribution in [0.15, 0.2) is 36.4 Å². The van der Waals surface area contributed by atoms with Crippen LogP contribution in [0.25, 0.3) is 22.0 Å². The van der Waals surface area contributed by atoms with Crippen LogP contribution in [0.4, 0.5) is 0 Å².